The van der Waals surface area contributed by atoms with E-state index in [2.05, 4.69) is 0 Å². The summed E-state index contributed by atoms with van der Waals surface area (Å²) in [6.45, 7) is 0. The number of methoxy groups -OCH3 is 1. The molecule has 32 heavy (non-hydrogen) atoms. The number of imide groups is 1. The highest BCUT2D eigenvalue weighted by molar-refractivity contribution is 7.89. The second kappa shape index (κ2) is 9.21. The second-order valence-electron chi connectivity index (χ2n) is 8.07. The average molecular weight is 477 g/mol. The van der Waals surface area contributed by atoms with Crippen molar-refractivity contribution in [1.82, 2.24) is 4.31 Å². The number of ether oxygens (including phenoxy) is 1. The molecule has 2 aromatic carbocycles. The second-order valence-corrected chi connectivity index (χ2v) is 10.3. The third-order valence-corrected chi connectivity index (χ3v) is 8.31. The summed E-state index contributed by atoms with van der Waals surface area (Å²) in [6.07, 6.45) is 3.93. The smallest absolute Gasteiger partial charge is 0.252 e. The van der Waals surface area contributed by atoms with E-state index in [4.69, 9.17) is 16.3 Å². The molecule has 1 aliphatic carbocycles. The standard InChI is InChI=1S/C23H25ClN2O5S/c1-31-19-11-9-17(10-12-19)25-22(27)15-21(23(25)28)26(18-5-3-2-4-6-18)32(29,30)20-13-7-16(24)8-14-20/h7-14,18,21H,2-6,15H2,1H3. The number of hydrogen-bond acceptors (Lipinski definition) is 5. The predicted octanol–water partition coefficient (Wildman–Crippen LogP) is 4.00. The lowest BCUT2D eigenvalue weighted by Crippen LogP contribution is -2.51. The molecule has 0 bridgehead atoms. The highest BCUT2D eigenvalue weighted by atomic mass is 35.5. The Kier molecular flexibility index (Phi) is 6.55. The van der Waals surface area contributed by atoms with E-state index in [9.17, 15) is 18.0 Å². The lowest BCUT2D eigenvalue weighted by atomic mass is 9.94. The number of amides is 2. The molecule has 4 rings (SSSR count). The number of sulfonamides is 1. The molecule has 0 spiro atoms. The Hall–Kier alpha value is -2.42. The Morgan fingerprint density at radius 2 is 1.59 bits per heavy atom. The van der Waals surface area contributed by atoms with Crippen LogP contribution in [0.3, 0.4) is 0 Å². The highest BCUT2D eigenvalue weighted by Crippen LogP contribution is 2.35. The van der Waals surface area contributed by atoms with Crippen molar-refractivity contribution in [3.05, 3.63) is 53.6 Å². The fourth-order valence-corrected chi connectivity index (χ4v) is 6.45. The van der Waals surface area contributed by atoms with Crippen LogP contribution in [0.1, 0.15) is 38.5 Å². The van der Waals surface area contributed by atoms with Crippen LogP contribution in [-0.4, -0.2) is 43.7 Å². The van der Waals surface area contributed by atoms with E-state index in [1.165, 1.54) is 35.7 Å². The summed E-state index contributed by atoms with van der Waals surface area (Å²) in [6, 6.07) is 11.1. The van der Waals surface area contributed by atoms with E-state index < -0.39 is 27.9 Å². The Balaban J connectivity index is 1.71. The number of nitrogens with zero attached hydrogens (tertiary/aromatic N) is 2. The van der Waals surface area contributed by atoms with Crippen LogP contribution >= 0.6 is 11.6 Å². The molecule has 1 unspecified atom stereocenters. The SMILES string of the molecule is COc1ccc(N2C(=O)CC(N(C3CCCCC3)S(=O)(=O)c3ccc(Cl)cc3)C2=O)cc1. The van der Waals surface area contributed by atoms with Gasteiger partial charge in [0.1, 0.15) is 11.8 Å². The van der Waals surface area contributed by atoms with Crippen molar-refractivity contribution in [2.24, 2.45) is 0 Å². The summed E-state index contributed by atoms with van der Waals surface area (Å²) in [4.78, 5) is 27.5. The molecule has 2 fully saturated rings. The van der Waals surface area contributed by atoms with E-state index in [-0.39, 0.29) is 17.4 Å². The van der Waals surface area contributed by atoms with Gasteiger partial charge in [-0.3, -0.25) is 9.59 Å². The summed E-state index contributed by atoms with van der Waals surface area (Å²) in [5.41, 5.74) is 0.399. The molecule has 1 saturated carbocycles. The van der Waals surface area contributed by atoms with Gasteiger partial charge in [-0.2, -0.15) is 4.31 Å². The number of carbonyl (C=O) groups excluding carboxylic acids is 2. The minimum atomic E-state index is -4.02. The van der Waals surface area contributed by atoms with Crippen molar-refractivity contribution < 1.29 is 22.7 Å². The molecule has 1 saturated heterocycles. The van der Waals surface area contributed by atoms with Gasteiger partial charge in [-0.05, 0) is 61.4 Å². The van der Waals surface area contributed by atoms with Crippen LogP contribution in [0.25, 0.3) is 0 Å². The quantitative estimate of drug-likeness (QED) is 0.588. The lowest BCUT2D eigenvalue weighted by Gasteiger charge is -2.36. The largest absolute Gasteiger partial charge is 0.497 e. The molecule has 170 valence electrons. The lowest BCUT2D eigenvalue weighted by molar-refractivity contribution is -0.122. The maximum absolute atomic E-state index is 13.7. The van der Waals surface area contributed by atoms with Gasteiger partial charge in [-0.25, -0.2) is 13.3 Å². The highest BCUT2D eigenvalue weighted by Gasteiger charge is 2.49. The van der Waals surface area contributed by atoms with Crippen LogP contribution in [-0.2, 0) is 19.6 Å². The molecule has 0 radical (unpaired) electrons. The van der Waals surface area contributed by atoms with E-state index >= 15 is 0 Å². The van der Waals surface area contributed by atoms with Gasteiger partial charge >= 0.3 is 0 Å². The number of anilines is 1. The average Bonchev–Trinajstić information content (AvgIpc) is 3.08. The molecule has 2 aromatic rings. The monoisotopic (exact) mass is 476 g/mol. The van der Waals surface area contributed by atoms with Gasteiger partial charge in [-0.15, -0.1) is 0 Å². The third kappa shape index (κ3) is 4.27. The zero-order valence-corrected chi connectivity index (χ0v) is 19.3. The number of benzene rings is 2. The fraction of sp³-hybridized carbons (Fsp3) is 0.391. The van der Waals surface area contributed by atoms with E-state index in [1.54, 1.807) is 24.3 Å². The van der Waals surface area contributed by atoms with Crippen LogP contribution in [0.4, 0.5) is 5.69 Å². The molecule has 0 aromatic heterocycles. The van der Waals surface area contributed by atoms with Crippen molar-refractivity contribution in [3.8, 4) is 5.75 Å². The van der Waals surface area contributed by atoms with Crippen LogP contribution in [0, 0.1) is 0 Å². The number of rotatable bonds is 6. The normalized spacial score (nSPS) is 20.2. The molecule has 1 heterocycles. The minimum absolute atomic E-state index is 0.0654. The molecule has 1 aliphatic heterocycles. The maximum Gasteiger partial charge on any atom is 0.252 e. The summed E-state index contributed by atoms with van der Waals surface area (Å²) < 4.78 is 33.8. The van der Waals surface area contributed by atoms with E-state index in [0.29, 0.717) is 29.3 Å². The van der Waals surface area contributed by atoms with Gasteiger partial charge < -0.3 is 4.74 Å². The molecule has 9 heteroatoms. The minimum Gasteiger partial charge on any atom is -0.497 e. The van der Waals surface area contributed by atoms with Crippen molar-refractivity contribution in [2.45, 2.75) is 55.5 Å². The van der Waals surface area contributed by atoms with Crippen molar-refractivity contribution in [3.63, 3.8) is 0 Å². The van der Waals surface area contributed by atoms with Crippen LogP contribution in [0.15, 0.2) is 53.4 Å². The number of carbonyl (C=O) groups is 2. The van der Waals surface area contributed by atoms with Crippen molar-refractivity contribution in [2.75, 3.05) is 12.0 Å². The first-order chi connectivity index (χ1) is 15.3. The van der Waals surface area contributed by atoms with Crippen molar-refractivity contribution in [1.29, 1.82) is 0 Å². The first kappa shape index (κ1) is 22.8. The van der Waals surface area contributed by atoms with E-state index in [1.807, 2.05) is 0 Å². The predicted molar refractivity (Wildman–Crippen MR) is 121 cm³/mol. The molecule has 0 N–H and O–H groups in total. The summed E-state index contributed by atoms with van der Waals surface area (Å²) in [5.74, 6) is -0.348. The van der Waals surface area contributed by atoms with Crippen LogP contribution in [0.2, 0.25) is 5.02 Å². The molecule has 2 aliphatic rings. The van der Waals surface area contributed by atoms with E-state index in [0.717, 1.165) is 24.2 Å². The Labute approximate surface area is 193 Å². The van der Waals surface area contributed by atoms with Gasteiger partial charge in [0.2, 0.25) is 15.9 Å². The van der Waals surface area contributed by atoms with Gasteiger partial charge in [0.05, 0.1) is 24.1 Å². The zero-order valence-electron chi connectivity index (χ0n) is 17.7. The topological polar surface area (TPSA) is 84.0 Å². The zero-order chi connectivity index (χ0) is 22.9. The fourth-order valence-electron chi connectivity index (χ4n) is 4.50. The molecule has 1 atom stereocenters. The Bertz CT molecular complexity index is 1100. The first-order valence-electron chi connectivity index (χ1n) is 10.6. The molecule has 2 amide bonds. The van der Waals surface area contributed by atoms with Crippen molar-refractivity contribution >= 4 is 39.1 Å². The third-order valence-electron chi connectivity index (χ3n) is 6.08. The molecular weight excluding hydrogens is 452 g/mol. The first-order valence-corrected chi connectivity index (χ1v) is 12.4. The van der Waals surface area contributed by atoms with Gasteiger partial charge in [-0.1, -0.05) is 30.9 Å². The van der Waals surface area contributed by atoms with Gasteiger partial charge in [0.15, 0.2) is 0 Å². The molecular formula is C23H25ClN2O5S. The van der Waals surface area contributed by atoms with Gasteiger partial charge in [0, 0.05) is 11.1 Å². The summed E-state index contributed by atoms with van der Waals surface area (Å²) in [5, 5.41) is 0.422. The summed E-state index contributed by atoms with van der Waals surface area (Å²) in [7, 11) is -2.49. The van der Waals surface area contributed by atoms with Crippen LogP contribution in [0.5, 0.6) is 5.75 Å². The summed E-state index contributed by atoms with van der Waals surface area (Å²) >= 11 is 5.95. The maximum atomic E-state index is 13.7. The van der Waals surface area contributed by atoms with Crippen LogP contribution < -0.4 is 9.64 Å². The Morgan fingerprint density at radius 1 is 0.969 bits per heavy atom. The Morgan fingerprint density at radius 3 is 2.19 bits per heavy atom. The van der Waals surface area contributed by atoms with Gasteiger partial charge in [0.25, 0.3) is 5.91 Å². The number of hydrogen-bond donors (Lipinski definition) is 0. The number of halogens is 1. The molecule has 7 nitrogen and oxygen atoms in total.